The molecule has 0 aliphatic heterocycles. The van der Waals surface area contributed by atoms with Crippen LogP contribution in [-0.2, 0) is 9.53 Å². The highest BCUT2D eigenvalue weighted by Gasteiger charge is 2.60. The largest absolute Gasteiger partial charge is 0.426 e. The van der Waals surface area contributed by atoms with Gasteiger partial charge in [-0.05, 0) is 0 Å². The van der Waals surface area contributed by atoms with Gasteiger partial charge in [-0.25, -0.2) is 0 Å². The maximum absolute atomic E-state index is 10.9. The summed E-state index contributed by atoms with van der Waals surface area (Å²) in [7, 11) is 0. The molecule has 0 aromatic heterocycles. The Morgan fingerprint density at radius 2 is 1.47 bits per heavy atom. The van der Waals surface area contributed by atoms with Gasteiger partial charge >= 0.3 is 5.97 Å². The number of ether oxygens (including phenoxy) is 1. The van der Waals surface area contributed by atoms with E-state index in [0.29, 0.717) is 0 Å². The molecule has 0 bridgehead atoms. The van der Waals surface area contributed by atoms with Gasteiger partial charge < -0.3 is 41.1 Å². The molecule has 0 spiro atoms. The predicted octanol–water partition coefficient (Wildman–Crippen LogP) is -5.00. The third-order valence-corrected chi connectivity index (χ3v) is 2.64. The Morgan fingerprint density at radius 1 is 1.06 bits per heavy atom. The Hall–Kier alpha value is -0.810. The average molecular weight is 253 g/mol. The minimum atomic E-state index is -2.94. The van der Waals surface area contributed by atoms with Gasteiger partial charge in [-0.3, -0.25) is 4.79 Å². The van der Waals surface area contributed by atoms with E-state index >= 15 is 0 Å². The fourth-order valence-corrected chi connectivity index (χ4v) is 1.58. The van der Waals surface area contributed by atoms with Crippen molar-refractivity contribution in [2.75, 3.05) is 6.54 Å². The van der Waals surface area contributed by atoms with Gasteiger partial charge in [0.1, 0.15) is 18.3 Å². The zero-order valence-corrected chi connectivity index (χ0v) is 8.67. The van der Waals surface area contributed by atoms with Gasteiger partial charge in [0.2, 0.25) is 0 Å². The summed E-state index contributed by atoms with van der Waals surface area (Å²) in [5, 5.41) is 56.5. The molecule has 1 saturated carbocycles. The van der Waals surface area contributed by atoms with E-state index in [9.17, 15) is 35.4 Å². The summed E-state index contributed by atoms with van der Waals surface area (Å²) in [4.78, 5) is 10.9. The van der Waals surface area contributed by atoms with Gasteiger partial charge in [0.25, 0.3) is 5.79 Å². The van der Waals surface area contributed by atoms with Crippen LogP contribution in [0.4, 0.5) is 0 Å². The number of hydrogen-bond donors (Lipinski definition) is 7. The van der Waals surface area contributed by atoms with Crippen LogP contribution in [0.25, 0.3) is 0 Å². The number of nitrogens with two attached hydrogens (primary N) is 1. The summed E-state index contributed by atoms with van der Waals surface area (Å²) in [5.74, 6) is -4.10. The lowest BCUT2D eigenvalue weighted by Crippen LogP contribution is -2.72. The molecule has 1 fully saturated rings. The Balaban J connectivity index is 2.99. The molecule has 1 rings (SSSR count). The van der Waals surface area contributed by atoms with Crippen LogP contribution in [0, 0.1) is 0 Å². The van der Waals surface area contributed by atoms with Gasteiger partial charge in [-0.2, -0.15) is 0 Å². The van der Waals surface area contributed by atoms with E-state index in [0.717, 1.165) is 0 Å². The minimum Gasteiger partial charge on any atom is -0.426 e. The average Bonchev–Trinajstić information content (AvgIpc) is 2.32. The van der Waals surface area contributed by atoms with Gasteiger partial charge in [0, 0.05) is 0 Å². The number of aliphatic hydroxyl groups excluding tert-OH is 5. The number of aliphatic hydroxyl groups is 6. The number of carbonyl (C=O) groups is 1. The highest BCUT2D eigenvalue weighted by atomic mass is 16.7. The number of hydrogen-bond acceptors (Lipinski definition) is 9. The molecule has 0 aromatic carbocycles. The minimum absolute atomic E-state index is 0.642. The van der Waals surface area contributed by atoms with Gasteiger partial charge in [0.05, 0.1) is 6.54 Å². The van der Waals surface area contributed by atoms with Crippen LogP contribution in [0.1, 0.15) is 0 Å². The van der Waals surface area contributed by atoms with Crippen molar-refractivity contribution in [3.8, 4) is 0 Å². The van der Waals surface area contributed by atoms with Crippen molar-refractivity contribution >= 4 is 5.97 Å². The molecule has 100 valence electrons. The maximum Gasteiger partial charge on any atom is 0.322 e. The topological polar surface area (TPSA) is 174 Å². The van der Waals surface area contributed by atoms with Crippen molar-refractivity contribution in [2.45, 2.75) is 36.3 Å². The van der Waals surface area contributed by atoms with Crippen LogP contribution in [-0.4, -0.2) is 79.5 Å². The molecule has 9 heteroatoms. The summed E-state index contributed by atoms with van der Waals surface area (Å²) in [5.41, 5.74) is 4.91. The summed E-state index contributed by atoms with van der Waals surface area (Å²) in [6, 6.07) is 0. The van der Waals surface area contributed by atoms with Crippen LogP contribution < -0.4 is 5.73 Å². The molecular formula is C8H15NO8. The van der Waals surface area contributed by atoms with E-state index in [1.54, 1.807) is 0 Å². The van der Waals surface area contributed by atoms with Crippen molar-refractivity contribution in [2.24, 2.45) is 5.73 Å². The van der Waals surface area contributed by atoms with E-state index < -0.39 is 48.8 Å². The van der Waals surface area contributed by atoms with Gasteiger partial charge in [-0.1, -0.05) is 0 Å². The first-order valence-electron chi connectivity index (χ1n) is 4.80. The van der Waals surface area contributed by atoms with Crippen LogP contribution >= 0.6 is 0 Å². The first-order chi connectivity index (χ1) is 7.75. The van der Waals surface area contributed by atoms with Crippen molar-refractivity contribution in [3.05, 3.63) is 0 Å². The zero-order valence-electron chi connectivity index (χ0n) is 8.67. The van der Waals surface area contributed by atoms with Gasteiger partial charge in [-0.15, -0.1) is 0 Å². The molecule has 8 N–H and O–H groups in total. The van der Waals surface area contributed by atoms with E-state index in [4.69, 9.17) is 5.73 Å². The van der Waals surface area contributed by atoms with Crippen molar-refractivity contribution in [1.29, 1.82) is 0 Å². The molecule has 17 heavy (non-hydrogen) atoms. The normalized spacial score (nSPS) is 46.6. The Kier molecular flexibility index (Phi) is 4.04. The first kappa shape index (κ1) is 14.3. The molecule has 0 amide bonds. The molecule has 0 saturated heterocycles. The summed E-state index contributed by atoms with van der Waals surface area (Å²) in [6.45, 7) is -0.642. The number of carbonyl (C=O) groups excluding carboxylic acids is 1. The Morgan fingerprint density at radius 3 is 1.82 bits per heavy atom. The predicted molar refractivity (Wildman–Crippen MR) is 50.1 cm³/mol. The molecule has 0 radical (unpaired) electrons. The fraction of sp³-hybridized carbons (Fsp3) is 0.875. The van der Waals surface area contributed by atoms with E-state index in [1.165, 1.54) is 0 Å². The second-order valence-corrected chi connectivity index (χ2v) is 3.79. The Labute approximate surface area is 95.7 Å². The zero-order chi connectivity index (χ0) is 13.4. The molecule has 6 atom stereocenters. The second kappa shape index (κ2) is 4.82. The fourth-order valence-electron chi connectivity index (χ4n) is 1.58. The standard InChI is InChI=1S/C8H15NO8/c9-1-2(10)17-8(16)6(14)4(12)3(11)5(13)7(8)15/h3-7,11-16H,1,9H2/t3?,4-,5+,6-,7-,8?/m1/s1. The lowest BCUT2D eigenvalue weighted by molar-refractivity contribution is -0.347. The molecule has 1 aliphatic carbocycles. The third kappa shape index (κ3) is 2.26. The van der Waals surface area contributed by atoms with Crippen LogP contribution in [0.5, 0.6) is 0 Å². The van der Waals surface area contributed by atoms with Crippen molar-refractivity contribution < 1.29 is 40.2 Å². The lowest BCUT2D eigenvalue weighted by Gasteiger charge is -2.46. The maximum atomic E-state index is 10.9. The van der Waals surface area contributed by atoms with Crippen molar-refractivity contribution in [3.63, 3.8) is 0 Å². The smallest absolute Gasteiger partial charge is 0.322 e. The Bertz CT molecular complexity index is 281. The third-order valence-electron chi connectivity index (χ3n) is 2.64. The van der Waals surface area contributed by atoms with E-state index in [2.05, 4.69) is 4.74 Å². The number of rotatable bonds is 2. The van der Waals surface area contributed by atoms with Crippen LogP contribution in [0.15, 0.2) is 0 Å². The second-order valence-electron chi connectivity index (χ2n) is 3.79. The first-order valence-corrected chi connectivity index (χ1v) is 4.80. The van der Waals surface area contributed by atoms with Crippen LogP contribution in [0.2, 0.25) is 0 Å². The van der Waals surface area contributed by atoms with E-state index in [-0.39, 0.29) is 0 Å². The molecule has 2 unspecified atom stereocenters. The van der Waals surface area contributed by atoms with E-state index in [1.807, 2.05) is 0 Å². The molecular weight excluding hydrogens is 238 g/mol. The molecule has 9 nitrogen and oxygen atoms in total. The number of esters is 1. The van der Waals surface area contributed by atoms with Crippen LogP contribution in [0.3, 0.4) is 0 Å². The van der Waals surface area contributed by atoms with Crippen molar-refractivity contribution in [1.82, 2.24) is 0 Å². The molecule has 0 heterocycles. The highest BCUT2D eigenvalue weighted by molar-refractivity contribution is 5.71. The molecule has 0 aromatic rings. The highest BCUT2D eigenvalue weighted by Crippen LogP contribution is 2.31. The monoisotopic (exact) mass is 253 g/mol. The lowest BCUT2D eigenvalue weighted by atomic mass is 9.82. The molecule has 1 aliphatic rings. The summed E-state index contributed by atoms with van der Waals surface area (Å²) >= 11 is 0. The summed E-state index contributed by atoms with van der Waals surface area (Å²) < 4.78 is 4.30. The summed E-state index contributed by atoms with van der Waals surface area (Å²) in [6.07, 6.45) is -10.3. The van der Waals surface area contributed by atoms with Gasteiger partial charge in [0.15, 0.2) is 12.2 Å². The quantitative estimate of drug-likeness (QED) is 0.188. The SMILES string of the molecule is NCC(=O)OC1(O)[C@H](O)[C@H](O)C(O)[C@H](O)[C@H]1O.